The minimum absolute atomic E-state index is 0.255. The van der Waals surface area contributed by atoms with Gasteiger partial charge in [-0.3, -0.25) is 14.3 Å². The van der Waals surface area contributed by atoms with E-state index in [0.717, 1.165) is 18.9 Å². The third kappa shape index (κ3) is 2.92. The molecule has 1 heterocycles. The number of hydrogen-bond acceptors (Lipinski definition) is 4. The largest absolute Gasteiger partial charge is 0.367 e. The first-order valence-corrected chi connectivity index (χ1v) is 8.33. The summed E-state index contributed by atoms with van der Waals surface area (Å²) in [7, 11) is -0.922. The van der Waals surface area contributed by atoms with Crippen LogP contribution in [0.5, 0.6) is 0 Å². The molecule has 0 saturated carbocycles. The first-order chi connectivity index (χ1) is 9.93. The van der Waals surface area contributed by atoms with Crippen molar-refractivity contribution in [2.75, 3.05) is 23.7 Å². The molecule has 0 radical (unpaired) electrons. The summed E-state index contributed by atoms with van der Waals surface area (Å²) in [5.74, 6) is -0.101. The summed E-state index contributed by atoms with van der Waals surface area (Å²) in [5, 5.41) is 10.7. The SMILES string of the molecule is CCC1(CC)CN(c2ccc([N+](=O)[O-])cc2F)CCS1=O. The molecule has 1 saturated heterocycles. The Morgan fingerprint density at radius 3 is 2.62 bits per heavy atom. The van der Waals surface area contributed by atoms with Gasteiger partial charge in [-0.1, -0.05) is 13.8 Å². The second-order valence-electron chi connectivity index (χ2n) is 5.25. The third-order valence-corrected chi connectivity index (χ3v) is 6.51. The number of hydrogen-bond donors (Lipinski definition) is 0. The fraction of sp³-hybridized carbons (Fsp3) is 0.571. The Balaban J connectivity index is 2.30. The van der Waals surface area contributed by atoms with E-state index in [1.54, 1.807) is 0 Å². The van der Waals surface area contributed by atoms with Crippen LogP contribution in [0, 0.1) is 15.9 Å². The van der Waals surface area contributed by atoms with E-state index in [1.165, 1.54) is 12.1 Å². The second-order valence-corrected chi connectivity index (χ2v) is 7.22. The molecule has 1 unspecified atom stereocenters. The summed E-state index contributed by atoms with van der Waals surface area (Å²) in [5.41, 5.74) is 0.0951. The number of nitrogens with zero attached hydrogens (tertiary/aromatic N) is 2. The van der Waals surface area contributed by atoms with E-state index < -0.39 is 21.5 Å². The van der Waals surface area contributed by atoms with Crippen molar-refractivity contribution in [2.45, 2.75) is 31.4 Å². The molecule has 1 aromatic carbocycles. The van der Waals surface area contributed by atoms with Crippen molar-refractivity contribution in [3.63, 3.8) is 0 Å². The molecule has 1 aliphatic heterocycles. The van der Waals surface area contributed by atoms with Gasteiger partial charge in [0.25, 0.3) is 5.69 Å². The van der Waals surface area contributed by atoms with Gasteiger partial charge in [-0.25, -0.2) is 4.39 Å². The quantitative estimate of drug-likeness (QED) is 0.633. The van der Waals surface area contributed by atoms with Crippen molar-refractivity contribution in [3.8, 4) is 0 Å². The molecule has 1 aromatic rings. The predicted octanol–water partition coefficient (Wildman–Crippen LogP) is 2.86. The second kappa shape index (κ2) is 6.09. The number of non-ortho nitro benzene ring substituents is 1. The monoisotopic (exact) mass is 314 g/mol. The smallest absolute Gasteiger partial charge is 0.272 e. The van der Waals surface area contributed by atoms with Gasteiger partial charge in [0, 0.05) is 35.7 Å². The number of nitro benzene ring substituents is 1. The lowest BCUT2D eigenvalue weighted by Gasteiger charge is -2.42. The molecule has 0 spiro atoms. The average Bonchev–Trinajstić information content (AvgIpc) is 2.48. The Kier molecular flexibility index (Phi) is 4.61. The summed E-state index contributed by atoms with van der Waals surface area (Å²) in [6.07, 6.45) is 1.53. The maximum Gasteiger partial charge on any atom is 0.272 e. The van der Waals surface area contributed by atoms with Gasteiger partial charge in [-0.05, 0) is 18.9 Å². The Morgan fingerprint density at radius 2 is 2.10 bits per heavy atom. The van der Waals surface area contributed by atoms with Crippen LogP contribution < -0.4 is 4.90 Å². The molecule has 0 N–H and O–H groups in total. The van der Waals surface area contributed by atoms with E-state index in [4.69, 9.17) is 0 Å². The summed E-state index contributed by atoms with van der Waals surface area (Å²) >= 11 is 0. The van der Waals surface area contributed by atoms with Gasteiger partial charge in [-0.2, -0.15) is 0 Å². The number of benzene rings is 1. The summed E-state index contributed by atoms with van der Waals surface area (Å²) in [6, 6.07) is 3.70. The highest BCUT2D eigenvalue weighted by Crippen LogP contribution is 2.33. The Bertz CT molecular complexity index is 575. The van der Waals surface area contributed by atoms with E-state index in [-0.39, 0.29) is 10.4 Å². The predicted molar refractivity (Wildman–Crippen MR) is 81.6 cm³/mol. The van der Waals surface area contributed by atoms with E-state index in [0.29, 0.717) is 24.5 Å². The van der Waals surface area contributed by atoms with Crippen LogP contribution in [0.25, 0.3) is 0 Å². The van der Waals surface area contributed by atoms with Crippen molar-refractivity contribution >= 4 is 22.2 Å². The highest BCUT2D eigenvalue weighted by atomic mass is 32.2. The zero-order valence-electron chi connectivity index (χ0n) is 12.2. The normalized spacial score (nSPS) is 21.3. The molecule has 116 valence electrons. The molecule has 0 amide bonds. The van der Waals surface area contributed by atoms with Crippen molar-refractivity contribution in [1.29, 1.82) is 0 Å². The lowest BCUT2D eigenvalue weighted by Crippen LogP contribution is -2.53. The molecule has 2 rings (SSSR count). The molecule has 1 atom stereocenters. The minimum Gasteiger partial charge on any atom is -0.367 e. The zero-order chi connectivity index (χ0) is 15.6. The summed E-state index contributed by atoms with van der Waals surface area (Å²) in [4.78, 5) is 11.9. The van der Waals surface area contributed by atoms with E-state index in [1.807, 2.05) is 18.7 Å². The standard InChI is InChI=1S/C14H19FN2O3S/c1-3-14(4-2)10-16(7-8-21(14)20)13-6-5-11(17(18)19)9-12(13)15/h5-6,9H,3-4,7-8,10H2,1-2H3. The molecule has 21 heavy (non-hydrogen) atoms. The van der Waals surface area contributed by atoms with Gasteiger partial charge < -0.3 is 4.90 Å². The fourth-order valence-corrected chi connectivity index (χ4v) is 4.54. The Labute approximate surface area is 125 Å². The highest BCUT2D eigenvalue weighted by molar-refractivity contribution is 7.86. The van der Waals surface area contributed by atoms with Gasteiger partial charge in [0.05, 0.1) is 21.4 Å². The lowest BCUT2D eigenvalue weighted by molar-refractivity contribution is -0.385. The van der Waals surface area contributed by atoms with E-state index in [2.05, 4.69) is 0 Å². The maximum atomic E-state index is 14.1. The van der Waals surface area contributed by atoms with Crippen molar-refractivity contribution in [2.24, 2.45) is 0 Å². The van der Waals surface area contributed by atoms with Gasteiger partial charge in [0.15, 0.2) is 5.82 Å². The molecule has 7 heteroatoms. The zero-order valence-corrected chi connectivity index (χ0v) is 13.0. The average molecular weight is 314 g/mol. The molecule has 0 aliphatic carbocycles. The number of rotatable bonds is 4. The lowest BCUT2D eigenvalue weighted by atomic mass is 10.0. The van der Waals surface area contributed by atoms with Crippen molar-refractivity contribution < 1.29 is 13.5 Å². The van der Waals surface area contributed by atoms with Gasteiger partial charge in [0.2, 0.25) is 0 Å². The summed E-state index contributed by atoms with van der Waals surface area (Å²) in [6.45, 7) is 5.01. The van der Waals surface area contributed by atoms with Crippen molar-refractivity contribution in [3.05, 3.63) is 34.1 Å². The van der Waals surface area contributed by atoms with Gasteiger partial charge >= 0.3 is 0 Å². The third-order valence-electron chi connectivity index (χ3n) is 4.28. The molecule has 1 aliphatic rings. The molecular weight excluding hydrogens is 295 g/mol. The topological polar surface area (TPSA) is 63.4 Å². The van der Waals surface area contributed by atoms with Crippen LogP contribution in [-0.2, 0) is 10.8 Å². The first-order valence-electron chi connectivity index (χ1n) is 7.01. The van der Waals surface area contributed by atoms with Gasteiger partial charge in [0.1, 0.15) is 0 Å². The highest BCUT2D eigenvalue weighted by Gasteiger charge is 2.39. The van der Waals surface area contributed by atoms with Crippen LogP contribution in [0.4, 0.5) is 15.8 Å². The van der Waals surface area contributed by atoms with Crippen LogP contribution in [-0.4, -0.2) is 32.7 Å². The Hall–Kier alpha value is -1.50. The van der Waals surface area contributed by atoms with Crippen LogP contribution in [0.2, 0.25) is 0 Å². The number of nitro groups is 1. The number of halogens is 1. The van der Waals surface area contributed by atoms with Crippen LogP contribution in [0.1, 0.15) is 26.7 Å². The first kappa shape index (κ1) is 15.9. The van der Waals surface area contributed by atoms with Gasteiger partial charge in [-0.15, -0.1) is 0 Å². The van der Waals surface area contributed by atoms with Crippen LogP contribution >= 0.6 is 0 Å². The van der Waals surface area contributed by atoms with Crippen LogP contribution in [0.15, 0.2) is 18.2 Å². The minimum atomic E-state index is -0.922. The molecule has 0 bridgehead atoms. The number of anilines is 1. The van der Waals surface area contributed by atoms with E-state index >= 15 is 0 Å². The maximum absolute atomic E-state index is 14.1. The molecule has 5 nitrogen and oxygen atoms in total. The molecule has 1 fully saturated rings. The van der Waals surface area contributed by atoms with Crippen molar-refractivity contribution in [1.82, 2.24) is 0 Å². The Morgan fingerprint density at radius 1 is 1.43 bits per heavy atom. The van der Waals surface area contributed by atoms with Crippen LogP contribution in [0.3, 0.4) is 0 Å². The van der Waals surface area contributed by atoms with E-state index in [9.17, 15) is 18.7 Å². The molecule has 0 aromatic heterocycles. The fourth-order valence-electron chi connectivity index (χ4n) is 2.78. The molecular formula is C14H19FN2O3S. The summed E-state index contributed by atoms with van der Waals surface area (Å²) < 4.78 is 26.1.